The summed E-state index contributed by atoms with van der Waals surface area (Å²) in [6.07, 6.45) is 24.5. The van der Waals surface area contributed by atoms with Gasteiger partial charge in [-0.25, -0.2) is 0 Å². The first kappa shape index (κ1) is 87.3. The van der Waals surface area contributed by atoms with Gasteiger partial charge in [0.15, 0.2) is 0 Å². The summed E-state index contributed by atoms with van der Waals surface area (Å²) in [5.74, 6) is 1.66. The fraction of sp³-hybridized carbons (Fsp3) is 0.455. The molecule has 0 aliphatic heterocycles. The van der Waals surface area contributed by atoms with Crippen molar-refractivity contribution >= 4 is 0 Å². The number of hydrogen-bond acceptors (Lipinski definition) is 9. The minimum atomic E-state index is -0.160. The molecule has 9 heteroatoms. The van der Waals surface area contributed by atoms with Crippen LogP contribution < -0.4 is 4.74 Å². The molecule has 2 N–H and O–H groups in total. The van der Waals surface area contributed by atoms with E-state index < -0.39 is 0 Å². The molecule has 0 spiro atoms. The molecule has 0 saturated carbocycles. The van der Waals surface area contributed by atoms with Crippen LogP contribution in [0.3, 0.4) is 0 Å². The van der Waals surface area contributed by atoms with Crippen LogP contribution in [0.25, 0.3) is 0 Å². The van der Waals surface area contributed by atoms with Crippen molar-refractivity contribution in [1.29, 1.82) is 0 Å². The van der Waals surface area contributed by atoms with Crippen LogP contribution in [0.4, 0.5) is 0 Å². The maximum Gasteiger partial charge on any atom is 0.119 e. The van der Waals surface area contributed by atoms with Gasteiger partial charge in [0.1, 0.15) is 5.75 Å². The molecule has 9 nitrogen and oxygen atoms in total. The number of pyridine rings is 6. The van der Waals surface area contributed by atoms with Gasteiger partial charge < -0.3 is 14.9 Å². The maximum atomic E-state index is 9.52. The van der Waals surface area contributed by atoms with Crippen molar-refractivity contribution in [3.8, 4) is 5.75 Å². The lowest BCUT2D eigenvalue weighted by molar-refractivity contribution is 0.163. The van der Waals surface area contributed by atoms with Crippen LogP contribution in [-0.4, -0.2) is 59.4 Å². The number of aromatic nitrogens is 6. The Labute approximate surface area is 591 Å². The fourth-order valence-corrected chi connectivity index (χ4v) is 9.33. The molecule has 97 heavy (non-hydrogen) atoms. The lowest BCUT2D eigenvalue weighted by atomic mass is 9.88. The van der Waals surface area contributed by atoms with Gasteiger partial charge in [0, 0.05) is 91.3 Å². The van der Waals surface area contributed by atoms with Crippen LogP contribution in [0.15, 0.2) is 232 Å². The van der Waals surface area contributed by atoms with Crippen molar-refractivity contribution in [2.75, 3.05) is 13.2 Å². The molecule has 1 aliphatic carbocycles. The summed E-state index contributed by atoms with van der Waals surface area (Å²) in [6, 6.07) is 56.9. The van der Waals surface area contributed by atoms with Crippen molar-refractivity contribution in [1.82, 2.24) is 29.9 Å². The molecule has 3 aromatic carbocycles. The number of fused-ring (bicyclic) bond motifs is 1. The van der Waals surface area contributed by atoms with E-state index in [1.54, 1.807) is 6.20 Å². The van der Waals surface area contributed by atoms with Crippen molar-refractivity contribution in [2.24, 2.45) is 22.2 Å². The number of aliphatic hydroxyl groups excluding tert-OH is 2. The largest absolute Gasteiger partial charge is 0.494 e. The first-order chi connectivity index (χ1) is 45.6. The van der Waals surface area contributed by atoms with Crippen LogP contribution in [0.1, 0.15) is 222 Å². The van der Waals surface area contributed by atoms with E-state index in [0.29, 0.717) is 28.1 Å². The van der Waals surface area contributed by atoms with Gasteiger partial charge in [-0.3, -0.25) is 29.9 Å². The van der Waals surface area contributed by atoms with Gasteiger partial charge in [0.2, 0.25) is 0 Å². The molecule has 6 heterocycles. The highest BCUT2D eigenvalue weighted by atomic mass is 16.5. The summed E-state index contributed by atoms with van der Waals surface area (Å²) >= 11 is 0. The van der Waals surface area contributed by atoms with E-state index in [1.165, 1.54) is 44.6 Å². The highest BCUT2D eigenvalue weighted by Crippen LogP contribution is 2.32. The smallest absolute Gasteiger partial charge is 0.119 e. The van der Waals surface area contributed by atoms with Crippen LogP contribution in [0.5, 0.6) is 5.75 Å². The lowest BCUT2D eigenvalue weighted by Gasteiger charge is -2.17. The predicted molar refractivity (Wildman–Crippen MR) is 416 cm³/mol. The molecule has 6 aromatic heterocycles. The number of aliphatic hydroxyl groups is 2. The number of rotatable bonds is 9. The average Bonchev–Trinajstić information content (AvgIpc) is 1.74. The monoisotopic (exact) mass is 1320 g/mol. The number of hydrogen-bond donors (Lipinski definition) is 2. The van der Waals surface area contributed by atoms with Crippen LogP contribution >= 0.6 is 0 Å². The Morgan fingerprint density at radius 2 is 0.918 bits per heavy atom. The quantitative estimate of drug-likeness (QED) is 0.145. The molecule has 0 saturated heterocycles. The fourth-order valence-electron chi connectivity index (χ4n) is 9.33. The van der Waals surface area contributed by atoms with Gasteiger partial charge >= 0.3 is 0 Å². The van der Waals surface area contributed by atoms with Gasteiger partial charge in [-0.15, -0.1) is 0 Å². The minimum absolute atomic E-state index is 0.160. The minimum Gasteiger partial charge on any atom is -0.494 e. The molecule has 528 valence electrons. The summed E-state index contributed by atoms with van der Waals surface area (Å²) in [5.41, 5.74) is 13.3. The third-order valence-corrected chi connectivity index (χ3v) is 14.4. The van der Waals surface area contributed by atoms with Gasteiger partial charge in [-0.1, -0.05) is 256 Å². The molecule has 3 atom stereocenters. The molecule has 0 fully saturated rings. The zero-order valence-corrected chi connectivity index (χ0v) is 64.3. The third-order valence-electron chi connectivity index (χ3n) is 14.4. The Kier molecular flexibility index (Phi) is 41.8. The summed E-state index contributed by atoms with van der Waals surface area (Å²) in [4.78, 5) is 24.6. The highest BCUT2D eigenvalue weighted by Gasteiger charge is 2.26. The van der Waals surface area contributed by atoms with Gasteiger partial charge in [0.05, 0.1) is 12.7 Å². The van der Waals surface area contributed by atoms with Gasteiger partial charge in [0.25, 0.3) is 0 Å². The summed E-state index contributed by atoms with van der Waals surface area (Å²) in [5, 5.41) is 18.3. The number of para-hydroxylation sites is 1. The molecule has 1 aliphatic rings. The van der Waals surface area contributed by atoms with Crippen LogP contribution in [0, 0.1) is 22.2 Å². The summed E-state index contributed by atoms with van der Waals surface area (Å²) in [6.45, 7) is 51.1. The van der Waals surface area contributed by atoms with Crippen molar-refractivity contribution in [3.05, 3.63) is 282 Å². The van der Waals surface area contributed by atoms with E-state index in [-0.39, 0.29) is 29.0 Å². The number of benzene rings is 3. The van der Waals surface area contributed by atoms with Crippen LogP contribution in [-0.2, 0) is 48.3 Å². The predicted octanol–water partition coefficient (Wildman–Crippen LogP) is 22.2. The van der Waals surface area contributed by atoms with E-state index in [2.05, 4.69) is 241 Å². The van der Waals surface area contributed by atoms with E-state index in [1.807, 2.05) is 174 Å². The number of nitrogens with zero attached hydrogens (tertiary/aromatic N) is 6. The molecule has 10 rings (SSSR count). The van der Waals surface area contributed by atoms with Crippen LogP contribution in [0.2, 0.25) is 0 Å². The second-order valence-electron chi connectivity index (χ2n) is 31.1. The molecule has 2 unspecified atom stereocenters. The van der Waals surface area contributed by atoms with Gasteiger partial charge in [-0.2, -0.15) is 0 Å². The van der Waals surface area contributed by atoms with Crippen molar-refractivity contribution in [3.63, 3.8) is 0 Å². The Morgan fingerprint density at radius 1 is 0.443 bits per heavy atom. The Bertz CT molecular complexity index is 3040. The van der Waals surface area contributed by atoms with E-state index in [4.69, 9.17) is 9.84 Å². The molecule has 0 radical (unpaired) electrons. The summed E-state index contributed by atoms with van der Waals surface area (Å²) in [7, 11) is 0. The Balaban J connectivity index is 0.000000544. The zero-order valence-electron chi connectivity index (χ0n) is 64.3. The lowest BCUT2D eigenvalue weighted by Crippen LogP contribution is -2.12. The summed E-state index contributed by atoms with van der Waals surface area (Å²) < 4.78 is 5.36. The Hall–Kier alpha value is -7.72. The Morgan fingerprint density at radius 3 is 1.33 bits per heavy atom. The second kappa shape index (κ2) is 46.5. The van der Waals surface area contributed by atoms with E-state index in [9.17, 15) is 5.11 Å². The van der Waals surface area contributed by atoms with Crippen molar-refractivity contribution < 1.29 is 14.9 Å². The standard InChI is InChI=1S/3C10H15N.C10H12O.C10H14O.3C9H13N.C9H12O.C2H6/c1-10(2,3)8-9-4-6-11-7-5-9;1-10(2,3)7-9-5-4-6-11-8-9;1-10(2,3)8-9-6-4-5-7-11-9;1-7-9-5-3-2-4-8(9)6-10(7)11;1-9(8-11)7-10-5-3-2-4-6-10;1-9(2,3)8-4-6-10-7-5-8;1-9(2,3)8-5-4-6-10-7-8;1-9(2,3)8-6-4-5-7-10-8;1-2-8-10-9-6-4-3-5-7-9;1-2/h4-7H,8H2,1-3H3;4-6,8H,7H2,1-3H3;4-7H,8H2,1-3H3;2-5,7,10-11H,6H2,1H3;2-6,9,11H,7-8H2,1H3;3*4-7H,1-3H3;3-7H,2,8H2,1H3;1-2H3/t;;;7-,10?;;;;;;/m...1....../s1. The zero-order chi connectivity index (χ0) is 73.0. The normalized spacial score (nSPS) is 13.2. The molecular weight excluding hydrogens is 1190 g/mol. The molecule has 0 amide bonds. The average molecular weight is 1320 g/mol. The molecule has 9 aromatic rings. The SMILES string of the molecule is CC.CC(C)(C)Cc1ccccn1.CC(C)(C)Cc1cccnc1.CC(C)(C)Cc1ccncc1.CC(C)(C)c1ccccn1.CC(C)(C)c1cccnc1.CC(C)(C)c1ccncc1.CC(CO)Cc1ccccc1.CCCOc1ccccc1.C[C@@H]1c2ccccc2CC1O. The van der Waals surface area contributed by atoms with E-state index >= 15 is 0 Å². The molecular formula is C88H128N6O3. The second-order valence-corrected chi connectivity index (χ2v) is 31.1. The topological polar surface area (TPSA) is 127 Å². The third kappa shape index (κ3) is 44.0. The first-order valence-electron chi connectivity index (χ1n) is 35.1. The maximum absolute atomic E-state index is 9.52. The highest BCUT2D eigenvalue weighted by molar-refractivity contribution is 5.36. The van der Waals surface area contributed by atoms with Crippen molar-refractivity contribution in [2.45, 2.75) is 226 Å². The number of ether oxygens (including phenoxy) is 1. The molecule has 0 bridgehead atoms. The van der Waals surface area contributed by atoms with Gasteiger partial charge in [-0.05, 0) is 183 Å². The first-order valence-corrected chi connectivity index (χ1v) is 35.1. The van der Waals surface area contributed by atoms with E-state index in [0.717, 1.165) is 56.6 Å².